The molecule has 53 heavy (non-hydrogen) atoms. The van der Waals surface area contributed by atoms with Crippen LogP contribution in [0.1, 0.15) is 66.0 Å². The number of fused-ring (bicyclic) bond motifs is 4. The molecule has 1 aliphatic rings. The third-order valence-electron chi connectivity index (χ3n) is 10.3. The molecule has 4 aromatic carbocycles. The maximum Gasteiger partial charge on any atom is 0.121 e. The van der Waals surface area contributed by atoms with Crippen molar-refractivity contribution < 1.29 is 24.5 Å². The fourth-order valence-electron chi connectivity index (χ4n) is 7.54. The van der Waals surface area contributed by atoms with E-state index >= 15 is 0 Å². The van der Waals surface area contributed by atoms with Gasteiger partial charge in [-0.3, -0.25) is 0 Å². The summed E-state index contributed by atoms with van der Waals surface area (Å²) in [6.07, 6.45) is 8.94. The Kier molecular flexibility index (Phi) is 11.6. The van der Waals surface area contributed by atoms with E-state index in [-0.39, 0.29) is 20.1 Å². The number of nitriles is 1. The van der Waals surface area contributed by atoms with E-state index in [1.165, 1.54) is 69.0 Å². The van der Waals surface area contributed by atoms with Gasteiger partial charge in [0.25, 0.3) is 0 Å². The molecule has 269 valence electrons. The quantitative estimate of drug-likeness (QED) is 0.127. The monoisotopic (exact) mass is 934 g/mol. The van der Waals surface area contributed by atoms with Gasteiger partial charge in [0.15, 0.2) is 0 Å². The van der Waals surface area contributed by atoms with Gasteiger partial charge in [-0.05, 0) is 83.7 Å². The molecule has 0 aliphatic heterocycles. The van der Waals surface area contributed by atoms with Crippen LogP contribution in [0.15, 0.2) is 95.7 Å². The first-order valence-corrected chi connectivity index (χ1v) is 25.7. The van der Waals surface area contributed by atoms with Crippen LogP contribution in [0.4, 0.5) is 0 Å². The van der Waals surface area contributed by atoms with Crippen LogP contribution < -0.4 is 4.40 Å². The van der Waals surface area contributed by atoms with Gasteiger partial charge in [-0.25, -0.2) is 0 Å². The summed E-state index contributed by atoms with van der Waals surface area (Å²) in [5.74, 6) is 7.58. The Morgan fingerprint density at radius 1 is 0.774 bits per heavy atom. The first kappa shape index (κ1) is 38.4. The van der Waals surface area contributed by atoms with E-state index in [4.69, 9.17) is 14.7 Å². The first-order chi connectivity index (χ1) is 25.0. The van der Waals surface area contributed by atoms with Crippen LogP contribution in [-0.2, 0) is 32.9 Å². The molecular weight excluding hydrogens is 887 g/mol. The Morgan fingerprint density at radius 2 is 1.53 bits per heavy atom. The van der Waals surface area contributed by atoms with Gasteiger partial charge < -0.3 is 9.40 Å². The molecule has 0 bridgehead atoms. The van der Waals surface area contributed by atoms with E-state index in [0.29, 0.717) is 11.5 Å². The van der Waals surface area contributed by atoms with Gasteiger partial charge in [-0.2, -0.15) is 0 Å². The number of rotatable bonds is 5. The Morgan fingerprint density at radius 3 is 2.25 bits per heavy atom. The Balaban J connectivity index is 0.000000206. The third-order valence-corrected chi connectivity index (χ3v) is 14.8. The van der Waals surface area contributed by atoms with Gasteiger partial charge in [0.05, 0.1) is 5.58 Å². The van der Waals surface area contributed by atoms with Crippen molar-refractivity contribution in [3.05, 3.63) is 137 Å². The third kappa shape index (κ3) is 8.12. The van der Waals surface area contributed by atoms with Crippen molar-refractivity contribution in [2.45, 2.75) is 76.6 Å². The van der Waals surface area contributed by atoms with Crippen LogP contribution in [0, 0.1) is 37.3 Å². The molecule has 0 atom stereocenters. The van der Waals surface area contributed by atoms with Crippen LogP contribution in [0.3, 0.4) is 0 Å². The smallest absolute Gasteiger partial charge is 0.121 e. The predicted molar refractivity (Wildman–Crippen MR) is 218 cm³/mol. The fraction of sp³-hybridized carbons (Fsp3) is 0.255. The summed E-state index contributed by atoms with van der Waals surface area (Å²) in [6, 6.07) is 35.9. The van der Waals surface area contributed by atoms with Gasteiger partial charge in [0, 0.05) is 31.7 Å². The molecular formula is C47H45GeIrN3O-2. The molecule has 1 aliphatic carbocycles. The molecule has 3 heterocycles. The SMILES string of the molecule is Cc1cc(-c2[c-]cc(C#N)cc2)nc[c]1[Ge]([CH3])([CH3])[CH3].Cc1cnc(-c2[c-]cc3oc4cc(-c5cccc6c5CCCC6)ccc4c3c2)cc1C(C)C.[Ir]. The Labute approximate surface area is 330 Å². The van der Waals surface area contributed by atoms with Crippen LogP contribution in [0.5, 0.6) is 0 Å². The number of pyridine rings is 2. The molecule has 0 unspecified atom stereocenters. The van der Waals surface area contributed by atoms with Crippen molar-refractivity contribution in [1.29, 1.82) is 5.26 Å². The molecule has 0 spiro atoms. The largest absolute Gasteiger partial charge is 0.500 e. The molecule has 0 amide bonds. The predicted octanol–water partition coefficient (Wildman–Crippen LogP) is 11.7. The summed E-state index contributed by atoms with van der Waals surface area (Å²) in [4.78, 5) is 9.26. The number of nitrogens with zero attached hydrogens (tertiary/aromatic N) is 3. The van der Waals surface area contributed by atoms with Gasteiger partial charge >= 0.3 is 117 Å². The van der Waals surface area contributed by atoms with Gasteiger partial charge in [-0.15, -0.1) is 23.8 Å². The van der Waals surface area contributed by atoms with Gasteiger partial charge in [0.2, 0.25) is 0 Å². The fourth-order valence-corrected chi connectivity index (χ4v) is 11.1. The molecule has 1 radical (unpaired) electrons. The molecule has 3 aromatic heterocycles. The normalized spacial score (nSPS) is 12.5. The summed E-state index contributed by atoms with van der Waals surface area (Å²) in [6.45, 7) is 8.73. The number of hydrogen-bond acceptors (Lipinski definition) is 4. The van der Waals surface area contributed by atoms with Crippen LogP contribution in [0.25, 0.3) is 55.6 Å². The summed E-state index contributed by atoms with van der Waals surface area (Å²) >= 11 is -1.83. The van der Waals surface area contributed by atoms with Crippen molar-refractivity contribution in [2.75, 3.05) is 0 Å². The number of furan rings is 1. The van der Waals surface area contributed by atoms with Crippen molar-refractivity contribution in [2.24, 2.45) is 0 Å². The van der Waals surface area contributed by atoms with E-state index in [1.807, 2.05) is 24.5 Å². The molecule has 0 fully saturated rings. The minimum Gasteiger partial charge on any atom is -0.500 e. The summed E-state index contributed by atoms with van der Waals surface area (Å²) in [5.41, 5.74) is 15.8. The Hall–Kier alpha value is -4.34. The zero-order chi connectivity index (χ0) is 36.6. The summed E-state index contributed by atoms with van der Waals surface area (Å²) in [5, 5.41) is 11.1. The number of hydrogen-bond donors (Lipinski definition) is 0. The van der Waals surface area contributed by atoms with E-state index in [2.05, 4.69) is 123 Å². The molecule has 0 N–H and O–H groups in total. The van der Waals surface area contributed by atoms with Crippen molar-refractivity contribution in [3.8, 4) is 39.7 Å². The molecule has 8 rings (SSSR count). The van der Waals surface area contributed by atoms with Crippen LogP contribution in [0.2, 0.25) is 17.3 Å². The van der Waals surface area contributed by atoms with Crippen LogP contribution >= 0.6 is 0 Å². The standard InChI is InChI=1S/C31H28NO.C16H17GeN2.Ir/c1-19(2)27-17-29(32-18-20(27)3)23-12-14-30-28(15-23)26-13-11-22(16-31(26)33-30)25-10-6-8-21-7-4-5-9-24(21)25;1-12-9-16(19-11-15(12)17(2,3)4)14-7-5-13(10-18)6-8-14;/h6,8,10-11,13-19H,4-5,7,9H2,1-3H3;5-7,9,11H,1-4H3;/q2*-1;. The van der Waals surface area contributed by atoms with E-state index in [1.54, 1.807) is 12.1 Å². The zero-order valence-corrected chi connectivity index (χ0v) is 36.1. The Bertz CT molecular complexity index is 2470. The van der Waals surface area contributed by atoms with Crippen molar-refractivity contribution >= 4 is 39.6 Å². The zero-order valence-electron chi connectivity index (χ0n) is 31.6. The van der Waals surface area contributed by atoms with Gasteiger partial charge in [-0.1, -0.05) is 55.6 Å². The van der Waals surface area contributed by atoms with E-state index < -0.39 is 13.3 Å². The minimum absolute atomic E-state index is 0. The topological polar surface area (TPSA) is 62.7 Å². The summed E-state index contributed by atoms with van der Waals surface area (Å²) in [7, 11) is 0. The number of benzene rings is 4. The first-order valence-electron chi connectivity index (χ1n) is 18.4. The average molecular weight is 933 g/mol. The van der Waals surface area contributed by atoms with E-state index in [0.717, 1.165) is 44.5 Å². The van der Waals surface area contributed by atoms with Crippen molar-refractivity contribution in [1.82, 2.24) is 9.97 Å². The maximum absolute atomic E-state index is 8.79. The second-order valence-corrected chi connectivity index (χ2v) is 26.0. The molecule has 4 nitrogen and oxygen atoms in total. The maximum atomic E-state index is 8.79. The second kappa shape index (κ2) is 16.0. The summed E-state index contributed by atoms with van der Waals surface area (Å²) < 4.78 is 7.72. The minimum atomic E-state index is -1.83. The molecule has 7 aromatic rings. The van der Waals surface area contributed by atoms with E-state index in [9.17, 15) is 0 Å². The van der Waals surface area contributed by atoms with Gasteiger partial charge in [0.1, 0.15) is 5.58 Å². The molecule has 0 saturated carbocycles. The average Bonchev–Trinajstić information content (AvgIpc) is 3.51. The van der Waals surface area contributed by atoms with Crippen molar-refractivity contribution in [3.63, 3.8) is 0 Å². The van der Waals surface area contributed by atoms with Crippen LogP contribution in [-0.4, -0.2) is 23.2 Å². The second-order valence-electron chi connectivity index (χ2n) is 15.4. The number of aryl methyl sites for hydroxylation is 3. The molecule has 0 saturated heterocycles. The number of aromatic nitrogens is 2. The molecule has 6 heteroatoms.